The lowest BCUT2D eigenvalue weighted by atomic mass is 10.2. The zero-order chi connectivity index (χ0) is 11.1. The highest BCUT2D eigenvalue weighted by molar-refractivity contribution is 7.95. The van der Waals surface area contributed by atoms with Crippen LogP contribution >= 0.6 is 0 Å². The Morgan fingerprint density at radius 1 is 1.33 bits per heavy atom. The Bertz CT molecular complexity index is 555. The third-order valence-electron chi connectivity index (χ3n) is 2.23. The highest BCUT2D eigenvalue weighted by Crippen LogP contribution is 2.35. The van der Waals surface area contributed by atoms with Gasteiger partial charge in [-0.3, -0.25) is 0 Å². The van der Waals surface area contributed by atoms with Crippen LogP contribution in [0.15, 0.2) is 28.0 Å². The summed E-state index contributed by atoms with van der Waals surface area (Å²) in [5.41, 5.74) is 0.437. The first-order valence-corrected chi connectivity index (χ1v) is 5.76. The molecule has 0 spiro atoms. The number of phenols is 1. The summed E-state index contributed by atoms with van der Waals surface area (Å²) < 4.78 is 23.6. The highest BCUT2D eigenvalue weighted by atomic mass is 32.2. The van der Waals surface area contributed by atoms with Crippen molar-refractivity contribution in [3.05, 3.63) is 28.7 Å². The topological polar surface area (TPSA) is 71.4 Å². The van der Waals surface area contributed by atoms with Crippen molar-refractivity contribution in [3.63, 3.8) is 0 Å². The molecule has 0 saturated heterocycles. The van der Waals surface area contributed by atoms with Crippen molar-refractivity contribution in [2.75, 3.05) is 0 Å². The molecule has 1 aromatic rings. The minimum absolute atomic E-state index is 0.00699. The quantitative estimate of drug-likeness (QED) is 0.764. The van der Waals surface area contributed by atoms with Crippen molar-refractivity contribution < 1.29 is 18.3 Å². The molecule has 1 aromatic carbocycles. The van der Waals surface area contributed by atoms with Crippen molar-refractivity contribution in [2.24, 2.45) is 0 Å². The molecule has 0 saturated carbocycles. The van der Waals surface area contributed by atoms with Crippen LogP contribution in [0.5, 0.6) is 5.75 Å². The molecule has 0 radical (unpaired) electrons. The smallest absolute Gasteiger partial charge is 0.203 e. The fraction of sp³-hybridized carbons (Fsp3) is 0.100. The number of carbonyl (C=O) groups is 1. The van der Waals surface area contributed by atoms with Crippen molar-refractivity contribution in [3.8, 4) is 5.75 Å². The Morgan fingerprint density at radius 3 is 2.73 bits per heavy atom. The standard InChI is InChI=1S/C10H8O4S/c11-4-3-9-6-7-5-8(12)1-2-10(7)15(9,13)14/h1-2,4-6,12H,3H2. The Kier molecular flexibility index (Phi) is 2.12. The maximum Gasteiger partial charge on any atom is 0.203 e. The first-order chi connectivity index (χ1) is 7.05. The lowest BCUT2D eigenvalue weighted by Crippen LogP contribution is -2.00. The average Bonchev–Trinajstić information content (AvgIpc) is 2.39. The molecule has 2 rings (SSSR count). The number of aldehydes is 1. The van der Waals surface area contributed by atoms with E-state index in [2.05, 4.69) is 0 Å². The molecular weight excluding hydrogens is 216 g/mol. The normalized spacial score (nSPS) is 16.9. The number of fused-ring (bicyclic) bond motifs is 1. The molecule has 5 heteroatoms. The second-order valence-electron chi connectivity index (χ2n) is 3.21. The van der Waals surface area contributed by atoms with Gasteiger partial charge in [0.15, 0.2) is 0 Å². The second kappa shape index (κ2) is 3.20. The largest absolute Gasteiger partial charge is 0.508 e. The summed E-state index contributed by atoms with van der Waals surface area (Å²) in [6.07, 6.45) is 1.84. The third-order valence-corrected chi connectivity index (χ3v) is 4.15. The summed E-state index contributed by atoms with van der Waals surface area (Å²) in [7, 11) is -3.51. The summed E-state index contributed by atoms with van der Waals surface area (Å²) in [5, 5.41) is 9.19. The summed E-state index contributed by atoms with van der Waals surface area (Å²) in [4.78, 5) is 10.5. The molecule has 4 nitrogen and oxygen atoms in total. The van der Waals surface area contributed by atoms with E-state index in [1.54, 1.807) is 0 Å². The fourth-order valence-electron chi connectivity index (χ4n) is 1.54. The van der Waals surface area contributed by atoms with Crippen LogP contribution < -0.4 is 0 Å². The Morgan fingerprint density at radius 2 is 2.07 bits per heavy atom. The van der Waals surface area contributed by atoms with E-state index in [0.717, 1.165) is 0 Å². The van der Waals surface area contributed by atoms with E-state index in [-0.39, 0.29) is 22.0 Å². The minimum Gasteiger partial charge on any atom is -0.508 e. The number of aromatic hydroxyl groups is 1. The van der Waals surface area contributed by atoms with E-state index in [0.29, 0.717) is 11.8 Å². The fourth-order valence-corrected chi connectivity index (χ4v) is 3.06. The van der Waals surface area contributed by atoms with Crippen LogP contribution in [0.2, 0.25) is 0 Å². The first kappa shape index (κ1) is 9.92. The zero-order valence-corrected chi connectivity index (χ0v) is 8.49. The van der Waals surface area contributed by atoms with Gasteiger partial charge in [-0.2, -0.15) is 0 Å². The van der Waals surface area contributed by atoms with Gasteiger partial charge in [0, 0.05) is 6.42 Å². The summed E-state index contributed by atoms with van der Waals surface area (Å²) in [5.74, 6) is 0.00699. The molecule has 0 aliphatic carbocycles. The van der Waals surface area contributed by atoms with Crippen molar-refractivity contribution in [1.82, 2.24) is 0 Å². The van der Waals surface area contributed by atoms with Crippen molar-refractivity contribution >= 4 is 22.2 Å². The SMILES string of the molecule is O=CCC1=Cc2cc(O)ccc2S1(=O)=O. The number of hydrogen-bond donors (Lipinski definition) is 1. The number of carbonyl (C=O) groups excluding carboxylic acids is 1. The molecule has 1 aliphatic rings. The molecule has 1 N–H and O–H groups in total. The van der Waals surface area contributed by atoms with Crippen LogP contribution in [-0.2, 0) is 14.6 Å². The van der Waals surface area contributed by atoms with Gasteiger partial charge in [-0.25, -0.2) is 8.42 Å². The van der Waals surface area contributed by atoms with Crippen LogP contribution in [0.4, 0.5) is 0 Å². The monoisotopic (exact) mass is 224 g/mol. The number of benzene rings is 1. The first-order valence-electron chi connectivity index (χ1n) is 4.28. The van der Waals surface area contributed by atoms with Crippen LogP contribution in [0.3, 0.4) is 0 Å². The molecule has 1 heterocycles. The molecular formula is C10H8O4S. The second-order valence-corrected chi connectivity index (χ2v) is 5.18. The molecule has 0 aromatic heterocycles. The maximum absolute atomic E-state index is 11.8. The summed E-state index contributed by atoms with van der Waals surface area (Å²) in [6.45, 7) is 0. The van der Waals surface area contributed by atoms with E-state index in [4.69, 9.17) is 0 Å². The number of sulfone groups is 1. The van der Waals surface area contributed by atoms with Gasteiger partial charge in [-0.1, -0.05) is 0 Å². The van der Waals surface area contributed by atoms with Gasteiger partial charge in [-0.15, -0.1) is 0 Å². The number of hydrogen-bond acceptors (Lipinski definition) is 4. The molecule has 1 aliphatic heterocycles. The van der Waals surface area contributed by atoms with E-state index in [9.17, 15) is 18.3 Å². The molecule has 0 amide bonds. The predicted octanol–water partition coefficient (Wildman–Crippen LogP) is 1.11. The van der Waals surface area contributed by atoms with Gasteiger partial charge in [0.25, 0.3) is 0 Å². The number of rotatable bonds is 2. The highest BCUT2D eigenvalue weighted by Gasteiger charge is 2.28. The minimum atomic E-state index is -3.51. The van der Waals surface area contributed by atoms with Crippen LogP contribution in [0.25, 0.3) is 6.08 Å². The molecule has 0 fully saturated rings. The van der Waals surface area contributed by atoms with Gasteiger partial charge in [0.1, 0.15) is 12.0 Å². The van der Waals surface area contributed by atoms with E-state index in [1.807, 2.05) is 0 Å². The predicted molar refractivity (Wildman–Crippen MR) is 54.0 cm³/mol. The van der Waals surface area contributed by atoms with Gasteiger partial charge < -0.3 is 9.90 Å². The number of phenolic OH excluding ortho intramolecular Hbond substituents is 1. The van der Waals surface area contributed by atoms with Gasteiger partial charge in [0.2, 0.25) is 9.84 Å². The zero-order valence-electron chi connectivity index (χ0n) is 7.67. The van der Waals surface area contributed by atoms with Gasteiger partial charge in [0.05, 0.1) is 9.80 Å². The number of allylic oxidation sites excluding steroid dienone is 1. The Balaban J connectivity index is 2.63. The molecule has 0 bridgehead atoms. The van der Waals surface area contributed by atoms with Crippen LogP contribution in [0, 0.1) is 0 Å². The molecule has 15 heavy (non-hydrogen) atoms. The van der Waals surface area contributed by atoms with E-state index in [1.165, 1.54) is 24.3 Å². The summed E-state index contributed by atoms with van der Waals surface area (Å²) in [6, 6.07) is 4.02. The molecule has 0 unspecified atom stereocenters. The average molecular weight is 224 g/mol. The summed E-state index contributed by atoms with van der Waals surface area (Å²) >= 11 is 0. The maximum atomic E-state index is 11.8. The van der Waals surface area contributed by atoms with Gasteiger partial charge >= 0.3 is 0 Å². The molecule has 78 valence electrons. The Labute approximate surface area is 86.8 Å². The van der Waals surface area contributed by atoms with Crippen LogP contribution in [0.1, 0.15) is 12.0 Å². The van der Waals surface area contributed by atoms with E-state index >= 15 is 0 Å². The third kappa shape index (κ3) is 1.45. The Hall–Kier alpha value is -1.62. The lowest BCUT2D eigenvalue weighted by Gasteiger charge is -2.00. The van der Waals surface area contributed by atoms with E-state index < -0.39 is 9.84 Å². The van der Waals surface area contributed by atoms with Crippen molar-refractivity contribution in [2.45, 2.75) is 11.3 Å². The lowest BCUT2D eigenvalue weighted by molar-refractivity contribution is -0.107. The van der Waals surface area contributed by atoms with Gasteiger partial charge in [-0.05, 0) is 29.8 Å². The molecule has 0 atom stereocenters. The van der Waals surface area contributed by atoms with Crippen molar-refractivity contribution in [1.29, 1.82) is 0 Å². The van der Waals surface area contributed by atoms with Crippen LogP contribution in [-0.4, -0.2) is 19.8 Å².